The predicted molar refractivity (Wildman–Crippen MR) is 130 cm³/mol. The van der Waals surface area contributed by atoms with E-state index in [1.165, 1.54) is 6.42 Å². The third-order valence-corrected chi connectivity index (χ3v) is 5.82. The average molecular weight is 459 g/mol. The van der Waals surface area contributed by atoms with Gasteiger partial charge in [-0.25, -0.2) is 19.7 Å². The Labute approximate surface area is 196 Å². The minimum absolute atomic E-state index is 0.209. The van der Waals surface area contributed by atoms with Gasteiger partial charge < -0.3 is 19.8 Å². The minimum atomic E-state index is -0.534. The first-order valence-electron chi connectivity index (χ1n) is 11.3. The molecule has 174 valence electrons. The number of nitrogens with one attached hydrogen (secondary N) is 1. The fourth-order valence-electron chi connectivity index (χ4n) is 4.10. The first-order valence-corrected chi connectivity index (χ1v) is 11.3. The van der Waals surface area contributed by atoms with Crippen LogP contribution in [-0.4, -0.2) is 31.7 Å². The number of amides is 1. The molecule has 0 saturated heterocycles. The summed E-state index contributed by atoms with van der Waals surface area (Å²) < 4.78 is 13.3. The number of nitrogen functional groups attached to an aromatic ring is 1. The molecule has 0 unspecified atom stereocenters. The highest BCUT2D eigenvalue weighted by Gasteiger charge is 2.27. The number of carbonyl (C=O) groups is 1. The monoisotopic (exact) mass is 458 g/mol. The van der Waals surface area contributed by atoms with Crippen molar-refractivity contribution >= 4 is 28.5 Å². The van der Waals surface area contributed by atoms with E-state index >= 15 is 0 Å². The first-order chi connectivity index (χ1) is 16.5. The third kappa shape index (κ3) is 4.24. The molecule has 0 aliphatic heterocycles. The highest BCUT2D eigenvalue weighted by atomic mass is 16.6. The van der Waals surface area contributed by atoms with Crippen molar-refractivity contribution in [3.63, 3.8) is 0 Å². The molecule has 0 spiro atoms. The Morgan fingerprint density at radius 3 is 2.59 bits per heavy atom. The van der Waals surface area contributed by atoms with Crippen LogP contribution in [0.1, 0.15) is 39.2 Å². The van der Waals surface area contributed by atoms with E-state index < -0.39 is 6.09 Å². The molecule has 5 rings (SSSR count). The van der Waals surface area contributed by atoms with Crippen LogP contribution >= 0.6 is 0 Å². The van der Waals surface area contributed by atoms with Crippen molar-refractivity contribution in [1.82, 2.24) is 19.5 Å². The number of hydrogen-bond acceptors (Lipinski definition) is 7. The van der Waals surface area contributed by atoms with Crippen molar-refractivity contribution in [1.29, 1.82) is 0 Å². The first kappa shape index (κ1) is 21.7. The molecule has 1 aliphatic rings. The number of carbonyl (C=O) groups excluding carboxylic acids is 1. The molecule has 0 atom stereocenters. The smallest absolute Gasteiger partial charge is 0.413 e. The second-order valence-electron chi connectivity index (χ2n) is 8.54. The summed E-state index contributed by atoms with van der Waals surface area (Å²) in [4.78, 5) is 24.6. The van der Waals surface area contributed by atoms with E-state index in [-0.39, 0.29) is 6.10 Å². The van der Waals surface area contributed by atoms with Crippen molar-refractivity contribution in [2.75, 3.05) is 11.1 Å². The van der Waals surface area contributed by atoms with Crippen LogP contribution in [0.5, 0.6) is 11.8 Å². The van der Waals surface area contributed by atoms with Crippen molar-refractivity contribution in [2.45, 2.75) is 45.3 Å². The molecular weight excluding hydrogens is 432 g/mol. The summed E-state index contributed by atoms with van der Waals surface area (Å²) in [6.45, 7) is 3.59. The van der Waals surface area contributed by atoms with Gasteiger partial charge >= 0.3 is 12.1 Å². The standard InChI is InChI=1S/C25H26N6O3/c1-15(2)33-25(32)30-21-10-7-16(14-29-21)23-22(26)19-9-8-18(34-24-27-11-4-12-28-24)13-20(19)31(23)17-5-3-6-17/h4,7-15,17H,3,5-6,26H2,1-2H3,(H,29,30,32). The van der Waals surface area contributed by atoms with E-state index in [0.29, 0.717) is 29.3 Å². The molecule has 9 heteroatoms. The molecular formula is C25H26N6O3. The van der Waals surface area contributed by atoms with Crippen LogP contribution in [0.15, 0.2) is 55.0 Å². The second-order valence-corrected chi connectivity index (χ2v) is 8.54. The molecule has 0 radical (unpaired) electrons. The van der Waals surface area contributed by atoms with Gasteiger partial charge in [0.2, 0.25) is 0 Å². The Kier molecular flexibility index (Phi) is 5.75. The number of anilines is 2. The fourth-order valence-corrected chi connectivity index (χ4v) is 4.10. The second kappa shape index (κ2) is 9.01. The quantitative estimate of drug-likeness (QED) is 0.389. The third-order valence-electron chi connectivity index (χ3n) is 5.82. The van der Waals surface area contributed by atoms with Crippen LogP contribution in [0.2, 0.25) is 0 Å². The van der Waals surface area contributed by atoms with Gasteiger partial charge in [-0.05, 0) is 63.4 Å². The van der Waals surface area contributed by atoms with Gasteiger partial charge in [0.25, 0.3) is 0 Å². The fraction of sp³-hybridized carbons (Fsp3) is 0.280. The predicted octanol–water partition coefficient (Wildman–Crippen LogP) is 5.55. The highest BCUT2D eigenvalue weighted by Crippen LogP contribution is 2.44. The normalized spacial score (nSPS) is 13.6. The topological polar surface area (TPSA) is 117 Å². The van der Waals surface area contributed by atoms with Gasteiger partial charge in [0, 0.05) is 41.6 Å². The summed E-state index contributed by atoms with van der Waals surface area (Å²) in [6, 6.07) is 11.9. The molecule has 1 saturated carbocycles. The van der Waals surface area contributed by atoms with Gasteiger partial charge in [0.05, 0.1) is 23.0 Å². The number of hydrogen-bond donors (Lipinski definition) is 2. The lowest BCUT2D eigenvalue weighted by Gasteiger charge is -2.30. The van der Waals surface area contributed by atoms with E-state index in [2.05, 4.69) is 24.8 Å². The number of benzene rings is 1. The number of rotatable bonds is 6. The maximum absolute atomic E-state index is 11.9. The highest BCUT2D eigenvalue weighted by molar-refractivity contribution is 6.01. The summed E-state index contributed by atoms with van der Waals surface area (Å²) in [6.07, 6.45) is 7.60. The number of nitrogens with zero attached hydrogens (tertiary/aromatic N) is 4. The molecule has 3 aromatic heterocycles. The van der Waals surface area contributed by atoms with Gasteiger partial charge in [0.1, 0.15) is 11.6 Å². The van der Waals surface area contributed by atoms with Gasteiger partial charge in [-0.2, -0.15) is 0 Å². The average Bonchev–Trinajstić information content (AvgIpc) is 3.05. The number of nitrogens with two attached hydrogens (primary N) is 1. The maximum Gasteiger partial charge on any atom is 0.413 e. The van der Waals surface area contributed by atoms with Crippen LogP contribution < -0.4 is 15.8 Å². The molecule has 34 heavy (non-hydrogen) atoms. The maximum atomic E-state index is 11.9. The Hall–Kier alpha value is -4.14. The Balaban J connectivity index is 1.51. The zero-order valence-electron chi connectivity index (χ0n) is 19.1. The molecule has 4 aromatic rings. The van der Waals surface area contributed by atoms with E-state index in [4.69, 9.17) is 15.2 Å². The van der Waals surface area contributed by atoms with E-state index in [1.807, 2.05) is 24.3 Å². The molecule has 3 heterocycles. The molecule has 1 aliphatic carbocycles. The number of ether oxygens (including phenoxy) is 2. The zero-order valence-corrected chi connectivity index (χ0v) is 19.1. The summed E-state index contributed by atoms with van der Waals surface area (Å²) in [7, 11) is 0. The van der Waals surface area contributed by atoms with Crippen LogP contribution in [0.25, 0.3) is 22.2 Å². The SMILES string of the molecule is CC(C)OC(=O)Nc1ccc(-c2c(N)c3ccc(Oc4ncccn4)cc3n2C2CCC2)cn1. The van der Waals surface area contributed by atoms with E-state index in [9.17, 15) is 4.79 Å². The van der Waals surface area contributed by atoms with Gasteiger partial charge in [-0.1, -0.05) is 0 Å². The molecule has 0 bridgehead atoms. The Morgan fingerprint density at radius 2 is 1.94 bits per heavy atom. The summed E-state index contributed by atoms with van der Waals surface area (Å²) in [5.41, 5.74) is 10.1. The summed E-state index contributed by atoms with van der Waals surface area (Å²) in [5, 5.41) is 3.59. The van der Waals surface area contributed by atoms with E-state index in [0.717, 1.165) is 35.0 Å². The number of pyridine rings is 1. The molecule has 3 N–H and O–H groups in total. The van der Waals surface area contributed by atoms with Crippen molar-refractivity contribution < 1.29 is 14.3 Å². The Morgan fingerprint density at radius 1 is 1.15 bits per heavy atom. The molecule has 1 aromatic carbocycles. The van der Waals surface area contributed by atoms with E-state index in [1.54, 1.807) is 44.6 Å². The van der Waals surface area contributed by atoms with Crippen LogP contribution in [0.3, 0.4) is 0 Å². The zero-order chi connectivity index (χ0) is 23.7. The lowest BCUT2D eigenvalue weighted by Crippen LogP contribution is -2.19. The van der Waals surface area contributed by atoms with Crippen LogP contribution in [0.4, 0.5) is 16.3 Å². The van der Waals surface area contributed by atoms with Gasteiger partial charge in [0.15, 0.2) is 0 Å². The van der Waals surface area contributed by atoms with Crippen molar-refractivity contribution in [2.24, 2.45) is 0 Å². The lowest BCUT2D eigenvalue weighted by atomic mass is 9.92. The van der Waals surface area contributed by atoms with Gasteiger partial charge in [-0.15, -0.1) is 0 Å². The van der Waals surface area contributed by atoms with Crippen molar-refractivity contribution in [3.05, 3.63) is 55.0 Å². The number of fused-ring (bicyclic) bond motifs is 1. The molecule has 9 nitrogen and oxygen atoms in total. The van der Waals surface area contributed by atoms with Gasteiger partial charge in [-0.3, -0.25) is 5.32 Å². The summed E-state index contributed by atoms with van der Waals surface area (Å²) >= 11 is 0. The van der Waals surface area contributed by atoms with Crippen LogP contribution in [0, 0.1) is 0 Å². The van der Waals surface area contributed by atoms with Crippen molar-refractivity contribution in [3.8, 4) is 23.0 Å². The minimum Gasteiger partial charge on any atom is -0.447 e. The van der Waals surface area contributed by atoms with Crippen LogP contribution in [-0.2, 0) is 4.74 Å². The number of aromatic nitrogens is 4. The Bertz CT molecular complexity index is 1310. The molecule has 1 amide bonds. The summed E-state index contributed by atoms with van der Waals surface area (Å²) in [5.74, 6) is 1.06. The largest absolute Gasteiger partial charge is 0.447 e. The lowest BCUT2D eigenvalue weighted by molar-refractivity contribution is 0.130. The molecule has 1 fully saturated rings.